The van der Waals surface area contributed by atoms with Crippen LogP contribution in [0.1, 0.15) is 30.4 Å². The largest absolute Gasteiger partial charge is 0.380 e. The van der Waals surface area contributed by atoms with E-state index in [1.54, 1.807) is 14.2 Å². The molecule has 0 spiro atoms. The van der Waals surface area contributed by atoms with Crippen LogP contribution in [0.5, 0.6) is 0 Å². The van der Waals surface area contributed by atoms with Crippen molar-refractivity contribution in [2.24, 2.45) is 4.99 Å². The molecule has 1 aliphatic rings. The van der Waals surface area contributed by atoms with Gasteiger partial charge in [-0.15, -0.1) is 0 Å². The Morgan fingerprint density at radius 2 is 2.12 bits per heavy atom. The van der Waals surface area contributed by atoms with Crippen LogP contribution < -0.4 is 10.6 Å². The second kappa shape index (κ2) is 11.8. The summed E-state index contributed by atoms with van der Waals surface area (Å²) in [5.74, 6) is 0.798. The van der Waals surface area contributed by atoms with Crippen LogP contribution in [0, 0.1) is 0 Å². The first-order valence-corrected chi connectivity index (χ1v) is 9.03. The number of benzene rings is 1. The van der Waals surface area contributed by atoms with E-state index in [0.717, 1.165) is 45.0 Å². The van der Waals surface area contributed by atoms with Gasteiger partial charge < -0.3 is 24.8 Å². The molecular weight excluding hydrogens is 318 g/mol. The van der Waals surface area contributed by atoms with Gasteiger partial charge in [0.1, 0.15) is 0 Å². The summed E-state index contributed by atoms with van der Waals surface area (Å²) in [6.07, 6.45) is 3.52. The molecule has 0 amide bonds. The zero-order valence-electron chi connectivity index (χ0n) is 15.4. The van der Waals surface area contributed by atoms with Gasteiger partial charge in [-0.2, -0.15) is 0 Å². The van der Waals surface area contributed by atoms with Gasteiger partial charge in [0.2, 0.25) is 0 Å². The van der Waals surface area contributed by atoms with E-state index >= 15 is 0 Å². The quantitative estimate of drug-likeness (QED) is 0.385. The summed E-state index contributed by atoms with van der Waals surface area (Å²) in [4.78, 5) is 4.26. The molecule has 25 heavy (non-hydrogen) atoms. The van der Waals surface area contributed by atoms with Crippen molar-refractivity contribution in [3.8, 4) is 0 Å². The van der Waals surface area contributed by atoms with Crippen LogP contribution in [-0.4, -0.2) is 52.6 Å². The van der Waals surface area contributed by atoms with Crippen LogP contribution in [0.2, 0.25) is 0 Å². The molecule has 6 nitrogen and oxygen atoms in total. The highest BCUT2D eigenvalue weighted by molar-refractivity contribution is 5.79. The normalized spacial score (nSPS) is 17.7. The molecule has 1 fully saturated rings. The SMILES string of the molecule is CN=C(NCCCOCC1CCCO1)NCc1ccccc1COC. The lowest BCUT2D eigenvalue weighted by Crippen LogP contribution is -2.37. The third kappa shape index (κ3) is 7.42. The zero-order chi connectivity index (χ0) is 17.7. The topological polar surface area (TPSA) is 64.1 Å². The molecule has 1 aromatic rings. The maximum Gasteiger partial charge on any atom is 0.191 e. The average Bonchev–Trinajstić information content (AvgIpc) is 3.15. The Hall–Kier alpha value is -1.63. The monoisotopic (exact) mass is 349 g/mol. The minimum absolute atomic E-state index is 0.301. The Morgan fingerprint density at radius 1 is 1.28 bits per heavy atom. The van der Waals surface area contributed by atoms with Crippen LogP contribution in [0.15, 0.2) is 29.3 Å². The Balaban J connectivity index is 1.60. The van der Waals surface area contributed by atoms with Crippen molar-refractivity contribution in [1.29, 1.82) is 0 Å². The van der Waals surface area contributed by atoms with Crippen molar-refractivity contribution in [3.63, 3.8) is 0 Å². The smallest absolute Gasteiger partial charge is 0.191 e. The van der Waals surface area contributed by atoms with E-state index in [1.165, 1.54) is 11.1 Å². The van der Waals surface area contributed by atoms with Gasteiger partial charge in [-0.25, -0.2) is 0 Å². The Kier molecular flexibility index (Phi) is 9.33. The first kappa shape index (κ1) is 19.7. The van der Waals surface area contributed by atoms with Gasteiger partial charge in [0.05, 0.1) is 19.3 Å². The van der Waals surface area contributed by atoms with Gasteiger partial charge in [0.25, 0.3) is 0 Å². The molecule has 1 heterocycles. The summed E-state index contributed by atoms with van der Waals surface area (Å²) in [5, 5.41) is 6.66. The number of hydrogen-bond acceptors (Lipinski definition) is 4. The number of rotatable bonds is 10. The van der Waals surface area contributed by atoms with Crippen LogP contribution in [0.25, 0.3) is 0 Å². The van der Waals surface area contributed by atoms with Crippen LogP contribution in [0.3, 0.4) is 0 Å². The lowest BCUT2D eigenvalue weighted by Gasteiger charge is -2.14. The van der Waals surface area contributed by atoms with E-state index in [2.05, 4.69) is 27.8 Å². The highest BCUT2D eigenvalue weighted by atomic mass is 16.5. The van der Waals surface area contributed by atoms with Crippen molar-refractivity contribution in [2.45, 2.75) is 38.5 Å². The number of methoxy groups -OCH3 is 1. The number of nitrogens with one attached hydrogen (secondary N) is 2. The lowest BCUT2D eigenvalue weighted by atomic mass is 10.1. The summed E-state index contributed by atoms with van der Waals surface area (Å²) in [6, 6.07) is 8.26. The fourth-order valence-corrected chi connectivity index (χ4v) is 2.80. The molecule has 6 heteroatoms. The predicted octanol–water partition coefficient (Wildman–Crippen LogP) is 2.08. The molecular formula is C19H31N3O3. The molecule has 0 radical (unpaired) electrons. The van der Waals surface area contributed by atoms with E-state index in [-0.39, 0.29) is 0 Å². The van der Waals surface area contributed by atoms with Crippen LogP contribution in [-0.2, 0) is 27.4 Å². The van der Waals surface area contributed by atoms with Gasteiger partial charge in [-0.3, -0.25) is 4.99 Å². The summed E-state index contributed by atoms with van der Waals surface area (Å²) < 4.78 is 16.4. The standard InChI is InChI=1S/C19H31N3O3/c1-20-19(21-10-6-11-24-15-18-9-5-12-25-18)22-13-16-7-3-4-8-17(16)14-23-2/h3-4,7-8,18H,5-6,9-15H2,1-2H3,(H2,20,21,22). The molecule has 0 bridgehead atoms. The van der Waals surface area contributed by atoms with E-state index in [4.69, 9.17) is 14.2 Å². The summed E-state index contributed by atoms with van der Waals surface area (Å²) in [7, 11) is 3.50. The van der Waals surface area contributed by atoms with Crippen LogP contribution >= 0.6 is 0 Å². The van der Waals surface area contributed by atoms with Gasteiger partial charge in [-0.05, 0) is 30.4 Å². The van der Waals surface area contributed by atoms with Gasteiger partial charge >= 0.3 is 0 Å². The third-order valence-corrected chi connectivity index (χ3v) is 4.17. The first-order chi connectivity index (χ1) is 12.3. The maximum atomic E-state index is 5.67. The minimum Gasteiger partial charge on any atom is -0.380 e. The van der Waals surface area contributed by atoms with E-state index in [9.17, 15) is 0 Å². The summed E-state index contributed by atoms with van der Waals surface area (Å²) in [6.45, 7) is 4.49. The van der Waals surface area contributed by atoms with E-state index in [1.807, 2.05) is 12.1 Å². The van der Waals surface area contributed by atoms with E-state index < -0.39 is 0 Å². The number of ether oxygens (including phenoxy) is 3. The van der Waals surface area contributed by atoms with E-state index in [0.29, 0.717) is 25.9 Å². The highest BCUT2D eigenvalue weighted by Gasteiger charge is 2.14. The number of guanidine groups is 1. The predicted molar refractivity (Wildman–Crippen MR) is 99.8 cm³/mol. The maximum absolute atomic E-state index is 5.67. The number of nitrogens with zero attached hydrogens (tertiary/aromatic N) is 1. The van der Waals surface area contributed by atoms with Crippen LogP contribution in [0.4, 0.5) is 0 Å². The lowest BCUT2D eigenvalue weighted by molar-refractivity contribution is 0.0168. The molecule has 2 rings (SSSR count). The molecule has 1 aromatic carbocycles. The van der Waals surface area contributed by atoms with Crippen molar-refractivity contribution in [1.82, 2.24) is 10.6 Å². The average molecular weight is 349 g/mol. The van der Waals surface area contributed by atoms with Gasteiger partial charge in [0, 0.05) is 40.5 Å². The fourth-order valence-electron chi connectivity index (χ4n) is 2.80. The first-order valence-electron chi connectivity index (χ1n) is 9.03. The summed E-state index contributed by atoms with van der Waals surface area (Å²) in [5.41, 5.74) is 2.41. The second-order valence-electron chi connectivity index (χ2n) is 6.12. The number of aliphatic imine (C=N–C) groups is 1. The van der Waals surface area contributed by atoms with Gasteiger partial charge in [-0.1, -0.05) is 24.3 Å². The second-order valence-corrected chi connectivity index (χ2v) is 6.12. The van der Waals surface area contributed by atoms with Gasteiger partial charge in [0.15, 0.2) is 5.96 Å². The summed E-state index contributed by atoms with van der Waals surface area (Å²) >= 11 is 0. The minimum atomic E-state index is 0.301. The molecule has 140 valence electrons. The molecule has 1 unspecified atom stereocenters. The third-order valence-electron chi connectivity index (χ3n) is 4.17. The Labute approximate surface area is 151 Å². The van der Waals surface area contributed by atoms with Crippen molar-refractivity contribution in [2.75, 3.05) is 40.5 Å². The Bertz CT molecular complexity index is 516. The molecule has 2 N–H and O–H groups in total. The fraction of sp³-hybridized carbons (Fsp3) is 0.632. The molecule has 0 saturated carbocycles. The highest BCUT2D eigenvalue weighted by Crippen LogP contribution is 2.12. The molecule has 0 aliphatic carbocycles. The number of hydrogen-bond donors (Lipinski definition) is 2. The zero-order valence-corrected chi connectivity index (χ0v) is 15.4. The van der Waals surface area contributed by atoms with Crippen molar-refractivity contribution < 1.29 is 14.2 Å². The van der Waals surface area contributed by atoms with Crippen molar-refractivity contribution >= 4 is 5.96 Å². The molecule has 1 atom stereocenters. The molecule has 0 aromatic heterocycles. The molecule has 1 saturated heterocycles. The Morgan fingerprint density at radius 3 is 2.84 bits per heavy atom. The van der Waals surface area contributed by atoms with Crippen molar-refractivity contribution in [3.05, 3.63) is 35.4 Å². The molecule has 1 aliphatic heterocycles.